The maximum Gasteiger partial charge on any atom is 0.132 e. The van der Waals surface area contributed by atoms with Gasteiger partial charge in [-0.15, -0.1) is 0 Å². The van der Waals surface area contributed by atoms with Gasteiger partial charge in [0, 0.05) is 11.6 Å². The van der Waals surface area contributed by atoms with E-state index >= 15 is 0 Å². The quantitative estimate of drug-likeness (QED) is 0.407. The summed E-state index contributed by atoms with van der Waals surface area (Å²) in [6, 6.07) is 0. The molecule has 2 heteroatoms. The van der Waals surface area contributed by atoms with Gasteiger partial charge in [-0.25, -0.2) is 9.98 Å². The van der Waals surface area contributed by atoms with Gasteiger partial charge in [0.25, 0.3) is 0 Å². The van der Waals surface area contributed by atoms with E-state index in [4.69, 9.17) is 0 Å². The molecule has 0 fully saturated rings. The Kier molecular flexibility index (Phi) is 3.72. The van der Waals surface area contributed by atoms with Crippen LogP contribution in [0.3, 0.4) is 0 Å². The molecule has 0 saturated carbocycles. The van der Waals surface area contributed by atoms with Crippen molar-refractivity contribution in [3.8, 4) is 0 Å². The van der Waals surface area contributed by atoms with Gasteiger partial charge in [0.2, 0.25) is 0 Å². The molecule has 0 aromatic rings. The van der Waals surface area contributed by atoms with Gasteiger partial charge in [-0.2, -0.15) is 0 Å². The summed E-state index contributed by atoms with van der Waals surface area (Å²) in [6.07, 6.45) is 3.60. The molecule has 0 aromatic heterocycles. The fourth-order valence-electron chi connectivity index (χ4n) is 0.617. The normalized spacial score (nSPS) is 14.0. The summed E-state index contributed by atoms with van der Waals surface area (Å²) in [5.41, 5.74) is -0.0126. The molecule has 0 atom stereocenters. The van der Waals surface area contributed by atoms with Crippen LogP contribution in [0.2, 0.25) is 0 Å². The average molecular weight is 152 g/mol. The predicted molar refractivity (Wildman–Crippen MR) is 51.3 cm³/mol. The molecule has 0 rings (SSSR count). The molecule has 0 aliphatic heterocycles. The van der Waals surface area contributed by atoms with E-state index in [0.717, 1.165) is 5.84 Å². The first kappa shape index (κ1) is 10.1. The molecule has 11 heavy (non-hydrogen) atoms. The minimum absolute atomic E-state index is 0.0126. The molecule has 0 N–H and O–H groups in total. The molecule has 0 amide bonds. The van der Waals surface area contributed by atoms with E-state index in [2.05, 4.69) is 37.5 Å². The zero-order chi connectivity index (χ0) is 8.91. The minimum Gasteiger partial charge on any atom is -0.249 e. The maximum atomic E-state index is 4.14. The predicted octanol–water partition coefficient (Wildman–Crippen LogP) is 2.67. The molecule has 62 valence electrons. The molecule has 0 radical (unpaired) electrons. The van der Waals surface area contributed by atoms with Gasteiger partial charge in [0.15, 0.2) is 0 Å². The van der Waals surface area contributed by atoms with E-state index in [1.165, 1.54) is 0 Å². The Morgan fingerprint density at radius 2 is 1.91 bits per heavy atom. The first-order valence-corrected chi connectivity index (χ1v) is 3.68. The van der Waals surface area contributed by atoms with E-state index in [-0.39, 0.29) is 5.41 Å². The Hall–Kier alpha value is -0.920. The van der Waals surface area contributed by atoms with Crippen LogP contribution in [0.1, 0.15) is 27.7 Å². The lowest BCUT2D eigenvalue weighted by Gasteiger charge is -2.16. The molecule has 0 bridgehead atoms. The van der Waals surface area contributed by atoms with Gasteiger partial charge in [0.1, 0.15) is 5.84 Å². The van der Waals surface area contributed by atoms with E-state index in [1.54, 1.807) is 6.20 Å². The van der Waals surface area contributed by atoms with E-state index in [9.17, 15) is 0 Å². The average Bonchev–Trinajstić information content (AvgIpc) is 1.87. The smallest absolute Gasteiger partial charge is 0.132 e. The van der Waals surface area contributed by atoms with Crippen molar-refractivity contribution in [1.29, 1.82) is 0 Å². The minimum atomic E-state index is -0.0126. The van der Waals surface area contributed by atoms with Crippen molar-refractivity contribution in [2.75, 3.05) is 0 Å². The topological polar surface area (TPSA) is 24.7 Å². The lowest BCUT2D eigenvalue weighted by Crippen LogP contribution is -2.17. The Labute approximate surface area is 68.8 Å². The zero-order valence-electron chi connectivity index (χ0n) is 7.76. The lowest BCUT2D eigenvalue weighted by atomic mass is 9.95. The number of amidine groups is 1. The largest absolute Gasteiger partial charge is 0.249 e. The standard InChI is InChI=1S/C9H16N2/c1-6-7-11-8(10-5)9(2,3)4/h6-7H,5H2,1-4H3/b7-6-,11-8?. The van der Waals surface area contributed by atoms with Gasteiger partial charge in [-0.3, -0.25) is 0 Å². The molecule has 0 spiro atoms. The van der Waals surface area contributed by atoms with Crippen LogP contribution < -0.4 is 0 Å². The van der Waals surface area contributed by atoms with Crippen LogP contribution in [0.4, 0.5) is 0 Å². The zero-order valence-corrected chi connectivity index (χ0v) is 7.76. The second-order valence-corrected chi connectivity index (χ2v) is 3.34. The van der Waals surface area contributed by atoms with Gasteiger partial charge in [-0.1, -0.05) is 26.8 Å². The van der Waals surface area contributed by atoms with E-state index in [0.29, 0.717) is 0 Å². The highest BCUT2D eigenvalue weighted by atomic mass is 14.9. The number of nitrogens with zero attached hydrogens (tertiary/aromatic N) is 2. The molecular weight excluding hydrogens is 136 g/mol. The summed E-state index contributed by atoms with van der Waals surface area (Å²) in [5, 5.41) is 0. The summed E-state index contributed by atoms with van der Waals surface area (Å²) in [5.74, 6) is 0.774. The fourth-order valence-corrected chi connectivity index (χ4v) is 0.617. The number of aliphatic imine (C=N–C) groups is 2. The van der Waals surface area contributed by atoms with Gasteiger partial charge < -0.3 is 0 Å². The molecule has 0 aromatic carbocycles. The summed E-state index contributed by atoms with van der Waals surface area (Å²) < 4.78 is 0. The number of hydrogen-bond acceptors (Lipinski definition) is 1. The van der Waals surface area contributed by atoms with Crippen LogP contribution >= 0.6 is 0 Å². The van der Waals surface area contributed by atoms with Crippen LogP contribution in [0.5, 0.6) is 0 Å². The highest BCUT2D eigenvalue weighted by Crippen LogP contribution is 2.16. The second kappa shape index (κ2) is 4.06. The number of hydrogen-bond donors (Lipinski definition) is 0. The van der Waals surface area contributed by atoms with Gasteiger partial charge in [0.05, 0.1) is 0 Å². The van der Waals surface area contributed by atoms with Crippen molar-refractivity contribution in [1.82, 2.24) is 0 Å². The molecule has 0 aliphatic carbocycles. The van der Waals surface area contributed by atoms with Crippen molar-refractivity contribution < 1.29 is 0 Å². The molecule has 2 nitrogen and oxygen atoms in total. The second-order valence-electron chi connectivity index (χ2n) is 3.34. The summed E-state index contributed by atoms with van der Waals surface area (Å²) in [4.78, 5) is 7.98. The molecule has 0 heterocycles. The van der Waals surface area contributed by atoms with Crippen molar-refractivity contribution in [3.05, 3.63) is 12.3 Å². The summed E-state index contributed by atoms with van der Waals surface area (Å²) >= 11 is 0. The highest BCUT2D eigenvalue weighted by molar-refractivity contribution is 5.91. The third-order valence-corrected chi connectivity index (χ3v) is 1.17. The summed E-state index contributed by atoms with van der Waals surface area (Å²) in [6.45, 7) is 11.6. The Morgan fingerprint density at radius 1 is 1.36 bits per heavy atom. The Bertz CT molecular complexity index is 182. The molecular formula is C9H16N2. The highest BCUT2D eigenvalue weighted by Gasteiger charge is 2.16. The molecule has 0 saturated heterocycles. The van der Waals surface area contributed by atoms with E-state index < -0.39 is 0 Å². The van der Waals surface area contributed by atoms with Crippen molar-refractivity contribution in [2.24, 2.45) is 15.4 Å². The Morgan fingerprint density at radius 3 is 2.18 bits per heavy atom. The summed E-state index contributed by atoms with van der Waals surface area (Å²) in [7, 11) is 0. The lowest BCUT2D eigenvalue weighted by molar-refractivity contribution is 0.585. The van der Waals surface area contributed by atoms with Gasteiger partial charge in [-0.05, 0) is 13.6 Å². The van der Waals surface area contributed by atoms with Crippen LogP contribution in [-0.2, 0) is 0 Å². The SMILES string of the molecule is C=NC(=N/C=C\C)C(C)(C)C. The number of allylic oxidation sites excluding steroid dienone is 1. The first-order chi connectivity index (χ1) is 5.02. The van der Waals surface area contributed by atoms with Crippen LogP contribution in [-0.4, -0.2) is 12.6 Å². The molecule has 0 unspecified atom stereocenters. The van der Waals surface area contributed by atoms with Gasteiger partial charge >= 0.3 is 0 Å². The third-order valence-electron chi connectivity index (χ3n) is 1.17. The maximum absolute atomic E-state index is 4.14. The monoisotopic (exact) mass is 152 g/mol. The Balaban J connectivity index is 4.53. The van der Waals surface area contributed by atoms with Crippen LogP contribution in [0, 0.1) is 5.41 Å². The van der Waals surface area contributed by atoms with Crippen molar-refractivity contribution in [3.63, 3.8) is 0 Å². The van der Waals surface area contributed by atoms with E-state index in [1.807, 2.05) is 13.0 Å². The van der Waals surface area contributed by atoms with Crippen LogP contribution in [0.15, 0.2) is 22.3 Å². The van der Waals surface area contributed by atoms with Crippen LogP contribution in [0.25, 0.3) is 0 Å². The number of rotatable bonds is 1. The fraction of sp³-hybridized carbons (Fsp3) is 0.556. The first-order valence-electron chi connectivity index (χ1n) is 3.68. The molecule has 0 aliphatic rings. The third kappa shape index (κ3) is 3.71. The van der Waals surface area contributed by atoms with Crippen molar-refractivity contribution in [2.45, 2.75) is 27.7 Å². The van der Waals surface area contributed by atoms with Crippen molar-refractivity contribution >= 4 is 12.6 Å².